The summed E-state index contributed by atoms with van der Waals surface area (Å²) in [6.45, 7) is 3.70. The summed E-state index contributed by atoms with van der Waals surface area (Å²) in [6, 6.07) is 8.46. The summed E-state index contributed by atoms with van der Waals surface area (Å²) < 4.78 is 11.5. The van der Waals surface area contributed by atoms with Crippen molar-refractivity contribution >= 4 is 0 Å². The topological polar surface area (TPSA) is 47.7 Å². The number of benzene rings is 1. The van der Waals surface area contributed by atoms with Crippen molar-refractivity contribution in [1.82, 2.24) is 4.90 Å². The van der Waals surface area contributed by atoms with Crippen LogP contribution in [0, 0.1) is 0 Å². The van der Waals surface area contributed by atoms with Crippen LogP contribution in [0.4, 0.5) is 0 Å². The highest BCUT2D eigenvalue weighted by Gasteiger charge is 2.18. The molecule has 0 amide bonds. The van der Waals surface area contributed by atoms with Gasteiger partial charge in [-0.2, -0.15) is 0 Å². The molecule has 0 radical (unpaired) electrons. The van der Waals surface area contributed by atoms with Crippen LogP contribution in [0.25, 0.3) is 0 Å². The van der Waals surface area contributed by atoms with Gasteiger partial charge in [-0.3, -0.25) is 0 Å². The van der Waals surface area contributed by atoms with Crippen LogP contribution in [0.2, 0.25) is 0 Å². The van der Waals surface area contributed by atoms with Crippen LogP contribution in [-0.2, 0) is 11.3 Å². The van der Waals surface area contributed by atoms with Crippen LogP contribution < -0.4 is 10.5 Å². The molecule has 0 spiro atoms. The second-order valence-corrected chi connectivity index (χ2v) is 5.37. The van der Waals surface area contributed by atoms with E-state index in [9.17, 15) is 0 Å². The van der Waals surface area contributed by atoms with Gasteiger partial charge in [-0.1, -0.05) is 24.6 Å². The largest absolute Gasteiger partial charge is 0.491 e. The van der Waals surface area contributed by atoms with E-state index in [1.54, 1.807) is 0 Å². The molecule has 1 atom stereocenters. The van der Waals surface area contributed by atoms with Crippen LogP contribution in [0.15, 0.2) is 24.3 Å². The number of nitrogens with two attached hydrogens (primary N) is 1. The second-order valence-electron chi connectivity index (χ2n) is 5.37. The molecule has 1 heterocycles. The fourth-order valence-electron chi connectivity index (χ4n) is 2.60. The fraction of sp³-hybridized carbons (Fsp3) is 0.625. The molecule has 1 saturated heterocycles. The highest BCUT2D eigenvalue weighted by atomic mass is 16.5. The van der Waals surface area contributed by atoms with E-state index >= 15 is 0 Å². The number of rotatable bonds is 7. The molecular weight excluding hydrogens is 252 g/mol. The van der Waals surface area contributed by atoms with Crippen LogP contribution in [0.1, 0.15) is 24.8 Å². The average molecular weight is 278 g/mol. The van der Waals surface area contributed by atoms with Crippen LogP contribution >= 0.6 is 0 Å². The SMILES string of the molecule is CN1CCCCC1COCCOc1ccccc1CN. The molecule has 1 aromatic rings. The van der Waals surface area contributed by atoms with Crippen molar-refractivity contribution in [1.29, 1.82) is 0 Å². The number of ether oxygens (including phenoxy) is 2. The molecule has 4 heteroatoms. The summed E-state index contributed by atoms with van der Waals surface area (Å²) in [5.41, 5.74) is 6.72. The predicted octanol–water partition coefficient (Wildman–Crippen LogP) is 2.03. The lowest BCUT2D eigenvalue weighted by molar-refractivity contribution is 0.0390. The van der Waals surface area contributed by atoms with Gasteiger partial charge in [-0.05, 0) is 32.5 Å². The second kappa shape index (κ2) is 8.25. The van der Waals surface area contributed by atoms with Gasteiger partial charge >= 0.3 is 0 Å². The zero-order valence-electron chi connectivity index (χ0n) is 12.4. The zero-order valence-corrected chi connectivity index (χ0v) is 12.4. The number of hydrogen-bond acceptors (Lipinski definition) is 4. The van der Waals surface area contributed by atoms with E-state index in [-0.39, 0.29) is 0 Å². The Kier molecular flexibility index (Phi) is 6.30. The Morgan fingerprint density at radius 3 is 2.90 bits per heavy atom. The first kappa shape index (κ1) is 15.3. The number of piperidine rings is 1. The molecule has 4 nitrogen and oxygen atoms in total. The quantitative estimate of drug-likeness (QED) is 0.775. The first-order valence-electron chi connectivity index (χ1n) is 7.50. The van der Waals surface area contributed by atoms with Gasteiger partial charge in [0.15, 0.2) is 0 Å². The lowest BCUT2D eigenvalue weighted by atomic mass is 10.0. The minimum atomic E-state index is 0.504. The van der Waals surface area contributed by atoms with Gasteiger partial charge in [0.2, 0.25) is 0 Å². The first-order chi connectivity index (χ1) is 9.81. The Balaban J connectivity index is 1.64. The van der Waals surface area contributed by atoms with Gasteiger partial charge in [0.25, 0.3) is 0 Å². The third kappa shape index (κ3) is 4.47. The smallest absolute Gasteiger partial charge is 0.123 e. The maximum absolute atomic E-state index is 5.74. The molecule has 0 aromatic heterocycles. The van der Waals surface area contributed by atoms with Gasteiger partial charge in [0.1, 0.15) is 12.4 Å². The summed E-state index contributed by atoms with van der Waals surface area (Å²) in [6.07, 6.45) is 3.87. The monoisotopic (exact) mass is 278 g/mol. The highest BCUT2D eigenvalue weighted by Crippen LogP contribution is 2.17. The lowest BCUT2D eigenvalue weighted by Crippen LogP contribution is -2.39. The number of para-hydroxylation sites is 1. The molecule has 1 aliphatic rings. The molecule has 1 fully saturated rings. The number of likely N-dealkylation sites (N-methyl/N-ethyl adjacent to an activating group) is 1. The summed E-state index contributed by atoms with van der Waals surface area (Å²) in [5.74, 6) is 0.869. The standard InChI is InChI=1S/C16H26N2O2/c1-18-9-5-4-7-15(18)13-19-10-11-20-16-8-3-2-6-14(16)12-17/h2-3,6,8,15H,4-5,7,9-13,17H2,1H3. The van der Waals surface area contributed by atoms with Gasteiger partial charge in [0, 0.05) is 18.2 Å². The number of likely N-dealkylation sites (tertiary alicyclic amines) is 1. The van der Waals surface area contributed by atoms with Crippen molar-refractivity contribution in [2.45, 2.75) is 31.8 Å². The van der Waals surface area contributed by atoms with E-state index in [4.69, 9.17) is 15.2 Å². The van der Waals surface area contributed by atoms with Crippen LogP contribution in [0.5, 0.6) is 5.75 Å². The third-order valence-electron chi connectivity index (χ3n) is 3.91. The Morgan fingerprint density at radius 1 is 1.25 bits per heavy atom. The molecule has 0 aliphatic carbocycles. The van der Waals surface area contributed by atoms with E-state index in [0.29, 0.717) is 25.8 Å². The fourth-order valence-corrected chi connectivity index (χ4v) is 2.60. The summed E-state index contributed by atoms with van der Waals surface area (Å²) in [7, 11) is 2.18. The summed E-state index contributed by atoms with van der Waals surface area (Å²) >= 11 is 0. The van der Waals surface area contributed by atoms with Crippen molar-refractivity contribution in [3.8, 4) is 5.75 Å². The molecule has 0 bridgehead atoms. The van der Waals surface area contributed by atoms with Crippen molar-refractivity contribution in [2.24, 2.45) is 5.73 Å². The minimum absolute atomic E-state index is 0.504. The van der Waals surface area contributed by atoms with Crippen LogP contribution in [-0.4, -0.2) is 44.4 Å². The number of hydrogen-bond donors (Lipinski definition) is 1. The molecule has 0 saturated carbocycles. The zero-order chi connectivity index (χ0) is 14.2. The number of nitrogens with zero attached hydrogens (tertiary/aromatic N) is 1. The first-order valence-corrected chi connectivity index (χ1v) is 7.50. The predicted molar refractivity (Wildman–Crippen MR) is 80.9 cm³/mol. The molecule has 1 aromatic carbocycles. The maximum atomic E-state index is 5.74. The summed E-state index contributed by atoms with van der Waals surface area (Å²) in [5, 5.41) is 0. The van der Waals surface area contributed by atoms with E-state index in [1.807, 2.05) is 24.3 Å². The molecular formula is C16H26N2O2. The van der Waals surface area contributed by atoms with Crippen molar-refractivity contribution in [3.63, 3.8) is 0 Å². The normalized spacial score (nSPS) is 20.0. The van der Waals surface area contributed by atoms with Crippen LogP contribution in [0.3, 0.4) is 0 Å². The van der Waals surface area contributed by atoms with Crippen molar-refractivity contribution < 1.29 is 9.47 Å². The third-order valence-corrected chi connectivity index (χ3v) is 3.91. The lowest BCUT2D eigenvalue weighted by Gasteiger charge is -2.32. The molecule has 112 valence electrons. The van der Waals surface area contributed by atoms with Gasteiger partial charge in [-0.15, -0.1) is 0 Å². The molecule has 1 aliphatic heterocycles. The summed E-state index contributed by atoms with van der Waals surface area (Å²) in [4.78, 5) is 2.40. The Morgan fingerprint density at radius 2 is 2.10 bits per heavy atom. The van der Waals surface area contributed by atoms with Gasteiger partial charge in [-0.25, -0.2) is 0 Å². The molecule has 2 N–H and O–H groups in total. The van der Waals surface area contributed by atoms with E-state index < -0.39 is 0 Å². The van der Waals surface area contributed by atoms with E-state index in [0.717, 1.165) is 17.9 Å². The highest BCUT2D eigenvalue weighted by molar-refractivity contribution is 5.32. The molecule has 20 heavy (non-hydrogen) atoms. The molecule has 1 unspecified atom stereocenters. The minimum Gasteiger partial charge on any atom is -0.491 e. The Bertz CT molecular complexity index is 398. The molecule has 2 rings (SSSR count). The van der Waals surface area contributed by atoms with Gasteiger partial charge in [0.05, 0.1) is 13.2 Å². The maximum Gasteiger partial charge on any atom is 0.123 e. The Labute approximate surface area is 121 Å². The van der Waals surface area contributed by atoms with Gasteiger partial charge < -0.3 is 20.1 Å². The average Bonchev–Trinajstić information content (AvgIpc) is 2.49. The van der Waals surface area contributed by atoms with E-state index in [2.05, 4.69) is 11.9 Å². The van der Waals surface area contributed by atoms with Crippen molar-refractivity contribution in [2.75, 3.05) is 33.4 Å². The van der Waals surface area contributed by atoms with E-state index in [1.165, 1.54) is 25.8 Å². The van der Waals surface area contributed by atoms with Crippen molar-refractivity contribution in [3.05, 3.63) is 29.8 Å². The Hall–Kier alpha value is -1.10.